The van der Waals surface area contributed by atoms with Gasteiger partial charge >= 0.3 is 12.0 Å². The zero-order chi connectivity index (χ0) is 15.5. The summed E-state index contributed by atoms with van der Waals surface area (Å²) in [7, 11) is 0. The molecule has 0 spiro atoms. The summed E-state index contributed by atoms with van der Waals surface area (Å²) < 4.78 is 0. The van der Waals surface area contributed by atoms with Crippen molar-refractivity contribution in [3.8, 4) is 0 Å². The van der Waals surface area contributed by atoms with Crippen molar-refractivity contribution in [1.82, 2.24) is 10.2 Å². The predicted octanol–water partition coefficient (Wildman–Crippen LogP) is 2.72. The number of nitrogens with zero attached hydrogens (tertiary/aromatic N) is 1. The molecule has 0 atom stereocenters. The number of amides is 2. The van der Waals surface area contributed by atoms with E-state index in [0.29, 0.717) is 12.5 Å². The number of carbonyl (C=O) groups excluding carboxylic acids is 1. The van der Waals surface area contributed by atoms with E-state index in [-0.39, 0.29) is 11.6 Å². The van der Waals surface area contributed by atoms with Crippen LogP contribution in [-0.4, -0.2) is 35.1 Å². The van der Waals surface area contributed by atoms with Crippen LogP contribution in [-0.2, 0) is 6.54 Å². The highest BCUT2D eigenvalue weighted by Gasteiger charge is 2.36. The number of urea groups is 1. The fourth-order valence-electron chi connectivity index (χ4n) is 3.46. The monoisotopic (exact) mass is 302 g/mol. The van der Waals surface area contributed by atoms with Crippen LogP contribution in [0.3, 0.4) is 0 Å². The van der Waals surface area contributed by atoms with Crippen LogP contribution in [0.15, 0.2) is 24.3 Å². The van der Waals surface area contributed by atoms with E-state index in [9.17, 15) is 9.59 Å². The Morgan fingerprint density at radius 3 is 2.32 bits per heavy atom. The lowest BCUT2D eigenvalue weighted by Crippen LogP contribution is -2.55. The first-order chi connectivity index (χ1) is 10.6. The van der Waals surface area contributed by atoms with Crippen molar-refractivity contribution in [2.24, 2.45) is 11.8 Å². The molecule has 1 aliphatic carbocycles. The lowest BCUT2D eigenvalue weighted by molar-refractivity contribution is 0.0696. The molecule has 5 heteroatoms. The van der Waals surface area contributed by atoms with E-state index in [1.165, 1.54) is 25.7 Å². The number of carboxylic acid groups (broad SMARTS) is 1. The van der Waals surface area contributed by atoms with Gasteiger partial charge in [-0.05, 0) is 29.5 Å². The van der Waals surface area contributed by atoms with Crippen LogP contribution in [0.4, 0.5) is 4.79 Å². The quantitative estimate of drug-likeness (QED) is 0.898. The molecule has 1 aromatic rings. The van der Waals surface area contributed by atoms with Gasteiger partial charge in [0, 0.05) is 19.6 Å². The van der Waals surface area contributed by atoms with E-state index in [2.05, 4.69) is 5.32 Å². The maximum Gasteiger partial charge on any atom is 0.335 e. The van der Waals surface area contributed by atoms with E-state index in [4.69, 9.17) is 5.11 Å². The molecule has 1 saturated carbocycles. The van der Waals surface area contributed by atoms with Gasteiger partial charge in [-0.1, -0.05) is 37.8 Å². The van der Waals surface area contributed by atoms with Crippen molar-refractivity contribution in [2.45, 2.75) is 32.2 Å². The average molecular weight is 302 g/mol. The molecule has 1 heterocycles. The van der Waals surface area contributed by atoms with Gasteiger partial charge in [-0.2, -0.15) is 0 Å². The predicted molar refractivity (Wildman–Crippen MR) is 82.7 cm³/mol. The number of hydrogen-bond acceptors (Lipinski definition) is 2. The summed E-state index contributed by atoms with van der Waals surface area (Å²) in [6, 6.07) is 6.58. The Morgan fingerprint density at radius 2 is 1.73 bits per heavy atom. The summed E-state index contributed by atoms with van der Waals surface area (Å²) in [4.78, 5) is 24.7. The number of hydrogen-bond donors (Lipinski definition) is 2. The molecule has 2 N–H and O–H groups in total. The molecule has 0 bridgehead atoms. The van der Waals surface area contributed by atoms with Crippen LogP contribution in [0.5, 0.6) is 0 Å². The van der Waals surface area contributed by atoms with Crippen LogP contribution in [0.2, 0.25) is 0 Å². The minimum Gasteiger partial charge on any atom is -0.478 e. The van der Waals surface area contributed by atoms with Gasteiger partial charge < -0.3 is 15.3 Å². The molecular formula is C17H22N2O3. The van der Waals surface area contributed by atoms with Gasteiger partial charge in [0.15, 0.2) is 0 Å². The zero-order valence-electron chi connectivity index (χ0n) is 12.6. The van der Waals surface area contributed by atoms with Crippen molar-refractivity contribution in [3.63, 3.8) is 0 Å². The Kier molecular flexibility index (Phi) is 4.32. The third kappa shape index (κ3) is 3.24. The highest BCUT2D eigenvalue weighted by molar-refractivity contribution is 5.87. The van der Waals surface area contributed by atoms with Gasteiger partial charge in [0.2, 0.25) is 0 Å². The third-order valence-corrected chi connectivity index (χ3v) is 4.91. The Balaban J connectivity index is 1.42. The lowest BCUT2D eigenvalue weighted by atomic mass is 9.85. The minimum atomic E-state index is -0.936. The maximum atomic E-state index is 12.1. The fraction of sp³-hybridized carbons (Fsp3) is 0.529. The van der Waals surface area contributed by atoms with Gasteiger partial charge in [0.05, 0.1) is 5.56 Å². The van der Waals surface area contributed by atoms with E-state index in [0.717, 1.165) is 24.6 Å². The summed E-state index contributed by atoms with van der Waals surface area (Å²) >= 11 is 0. The van der Waals surface area contributed by atoms with Crippen LogP contribution in [0, 0.1) is 11.8 Å². The normalized spacial score (nSPS) is 19.0. The topological polar surface area (TPSA) is 69.6 Å². The Morgan fingerprint density at radius 1 is 1.09 bits per heavy atom. The second kappa shape index (κ2) is 6.38. The first-order valence-electron chi connectivity index (χ1n) is 7.98. The van der Waals surface area contributed by atoms with Gasteiger partial charge in [-0.15, -0.1) is 0 Å². The highest BCUT2D eigenvalue weighted by atomic mass is 16.4. The van der Waals surface area contributed by atoms with Crippen LogP contribution < -0.4 is 5.32 Å². The van der Waals surface area contributed by atoms with Crippen molar-refractivity contribution in [3.05, 3.63) is 35.4 Å². The van der Waals surface area contributed by atoms with E-state index < -0.39 is 5.97 Å². The summed E-state index contributed by atoms with van der Waals surface area (Å²) in [6.07, 6.45) is 5.35. The summed E-state index contributed by atoms with van der Waals surface area (Å²) in [5, 5.41) is 11.7. The number of likely N-dealkylation sites (tertiary alicyclic amines) is 1. The summed E-state index contributed by atoms with van der Waals surface area (Å²) in [5.74, 6) is 0.588. The molecule has 1 aromatic carbocycles. The smallest absolute Gasteiger partial charge is 0.335 e. The van der Waals surface area contributed by atoms with Gasteiger partial charge in [-0.25, -0.2) is 9.59 Å². The summed E-state index contributed by atoms with van der Waals surface area (Å²) in [5.41, 5.74) is 1.17. The molecule has 2 aliphatic rings. The number of carbonyl (C=O) groups is 2. The molecule has 5 nitrogen and oxygen atoms in total. The standard InChI is InChI=1S/C17H22N2O3/c20-16(21)14-7-5-12(6-8-14)9-18-17(22)19-10-15(11-19)13-3-1-2-4-13/h5-8,13,15H,1-4,9-11H2,(H,18,22)(H,20,21). The van der Waals surface area contributed by atoms with Crippen LogP contribution in [0.1, 0.15) is 41.6 Å². The molecule has 0 unspecified atom stereocenters. The molecule has 118 valence electrons. The van der Waals surface area contributed by atoms with Gasteiger partial charge in [-0.3, -0.25) is 0 Å². The lowest BCUT2D eigenvalue weighted by Gasteiger charge is -2.42. The Bertz CT molecular complexity index is 544. The highest BCUT2D eigenvalue weighted by Crippen LogP contribution is 2.36. The number of aromatic carboxylic acids is 1. The SMILES string of the molecule is O=C(O)c1ccc(CNC(=O)N2CC(C3CCCC3)C2)cc1. The van der Waals surface area contributed by atoms with Crippen molar-refractivity contribution in [1.29, 1.82) is 0 Å². The first-order valence-corrected chi connectivity index (χ1v) is 7.98. The van der Waals surface area contributed by atoms with E-state index in [1.54, 1.807) is 24.3 Å². The molecule has 22 heavy (non-hydrogen) atoms. The summed E-state index contributed by atoms with van der Waals surface area (Å²) in [6.45, 7) is 2.20. The number of carboxylic acids is 1. The van der Waals surface area contributed by atoms with Gasteiger partial charge in [0.25, 0.3) is 0 Å². The number of rotatable bonds is 4. The van der Waals surface area contributed by atoms with Crippen molar-refractivity contribution in [2.75, 3.05) is 13.1 Å². The molecule has 2 amide bonds. The minimum absolute atomic E-state index is 0.0171. The molecule has 1 saturated heterocycles. The molecule has 0 aromatic heterocycles. The average Bonchev–Trinajstić information content (AvgIpc) is 2.98. The van der Waals surface area contributed by atoms with Crippen LogP contribution in [0.25, 0.3) is 0 Å². The second-order valence-electron chi connectivity index (χ2n) is 6.37. The maximum absolute atomic E-state index is 12.1. The number of benzene rings is 1. The molecular weight excluding hydrogens is 280 g/mol. The fourth-order valence-corrected chi connectivity index (χ4v) is 3.46. The van der Waals surface area contributed by atoms with E-state index in [1.807, 2.05) is 4.90 Å². The van der Waals surface area contributed by atoms with Crippen LogP contribution >= 0.6 is 0 Å². The number of nitrogens with one attached hydrogen (secondary N) is 1. The van der Waals surface area contributed by atoms with E-state index >= 15 is 0 Å². The molecule has 0 radical (unpaired) electrons. The molecule has 3 rings (SSSR count). The largest absolute Gasteiger partial charge is 0.478 e. The first kappa shape index (κ1) is 14.9. The Labute approximate surface area is 130 Å². The van der Waals surface area contributed by atoms with Gasteiger partial charge in [0.1, 0.15) is 0 Å². The van der Waals surface area contributed by atoms with Crippen molar-refractivity contribution < 1.29 is 14.7 Å². The molecule has 2 fully saturated rings. The Hall–Kier alpha value is -2.04. The zero-order valence-corrected chi connectivity index (χ0v) is 12.6. The van der Waals surface area contributed by atoms with Crippen molar-refractivity contribution >= 4 is 12.0 Å². The third-order valence-electron chi connectivity index (χ3n) is 4.91. The second-order valence-corrected chi connectivity index (χ2v) is 6.37. The molecule has 1 aliphatic heterocycles.